The van der Waals surface area contributed by atoms with Gasteiger partial charge in [0.25, 0.3) is 5.91 Å². The van der Waals surface area contributed by atoms with Crippen LogP contribution >= 0.6 is 0 Å². The quantitative estimate of drug-likeness (QED) is 0.527. The number of aromatic amines is 1. The van der Waals surface area contributed by atoms with Crippen molar-refractivity contribution in [3.8, 4) is 11.4 Å². The summed E-state index contributed by atoms with van der Waals surface area (Å²) in [5.74, 6) is 1.07. The van der Waals surface area contributed by atoms with Gasteiger partial charge in [-0.25, -0.2) is 4.68 Å². The fraction of sp³-hybridized carbons (Fsp3) is 0.280. The zero-order valence-electron chi connectivity index (χ0n) is 18.1. The normalized spacial score (nSPS) is 13.6. The highest BCUT2D eigenvalue weighted by atomic mass is 16.5. The monoisotopic (exact) mass is 414 g/mol. The minimum atomic E-state index is 0.00569. The number of hydrogen-bond acceptors (Lipinski definition) is 3. The molecule has 0 fully saturated rings. The average Bonchev–Trinajstić information content (AvgIpc) is 3.40. The summed E-state index contributed by atoms with van der Waals surface area (Å²) in [4.78, 5) is 19.1. The summed E-state index contributed by atoms with van der Waals surface area (Å²) < 4.78 is 7.19. The van der Waals surface area contributed by atoms with E-state index in [-0.39, 0.29) is 11.8 Å². The molecule has 0 saturated carbocycles. The minimum absolute atomic E-state index is 0.00569. The molecule has 31 heavy (non-hydrogen) atoms. The Hall–Kier alpha value is -3.54. The number of hydrogen-bond donors (Lipinski definition) is 1. The Morgan fingerprint density at radius 2 is 1.94 bits per heavy atom. The number of amides is 1. The van der Waals surface area contributed by atoms with E-state index in [2.05, 4.69) is 18.8 Å². The molecule has 0 spiro atoms. The molecule has 0 atom stereocenters. The molecular weight excluding hydrogens is 388 g/mol. The third-order valence-corrected chi connectivity index (χ3v) is 6.01. The van der Waals surface area contributed by atoms with Crippen LogP contribution in [0.3, 0.4) is 0 Å². The van der Waals surface area contributed by atoms with Crippen LogP contribution in [0.4, 0.5) is 0 Å². The van der Waals surface area contributed by atoms with Gasteiger partial charge < -0.3 is 14.6 Å². The standard InChI is InChI=1S/C25H26N4O2/c1-16(2)23-14-24(29(27-23)17-7-5-4-6-8-17)25(30)28-12-11-22-20(15-28)19-13-18(31-3)9-10-21(19)26-22/h4-10,13-14,16,26H,11-12,15H2,1-3H3. The van der Waals surface area contributed by atoms with Gasteiger partial charge in [0.1, 0.15) is 11.4 Å². The second-order valence-corrected chi connectivity index (χ2v) is 8.33. The van der Waals surface area contributed by atoms with Crippen molar-refractivity contribution in [2.75, 3.05) is 13.7 Å². The Morgan fingerprint density at radius 1 is 1.13 bits per heavy atom. The van der Waals surface area contributed by atoms with Crippen LogP contribution < -0.4 is 4.74 Å². The first-order valence-electron chi connectivity index (χ1n) is 10.7. The molecule has 6 nitrogen and oxygen atoms in total. The molecule has 1 N–H and O–H groups in total. The second-order valence-electron chi connectivity index (χ2n) is 8.33. The van der Waals surface area contributed by atoms with Gasteiger partial charge in [-0.1, -0.05) is 32.0 Å². The lowest BCUT2D eigenvalue weighted by atomic mass is 10.0. The number of methoxy groups -OCH3 is 1. The minimum Gasteiger partial charge on any atom is -0.497 e. The van der Waals surface area contributed by atoms with Crippen molar-refractivity contribution in [1.29, 1.82) is 0 Å². The van der Waals surface area contributed by atoms with Gasteiger partial charge >= 0.3 is 0 Å². The number of ether oxygens (including phenoxy) is 1. The third-order valence-electron chi connectivity index (χ3n) is 6.01. The summed E-state index contributed by atoms with van der Waals surface area (Å²) in [7, 11) is 1.67. The topological polar surface area (TPSA) is 63.1 Å². The molecule has 2 aromatic heterocycles. The number of benzene rings is 2. The Labute approximate surface area is 181 Å². The molecule has 2 aromatic carbocycles. The van der Waals surface area contributed by atoms with E-state index in [9.17, 15) is 4.79 Å². The molecule has 4 aromatic rings. The Kier molecular flexibility index (Phi) is 4.77. The number of aromatic nitrogens is 3. The number of carbonyl (C=O) groups excluding carboxylic acids is 1. The summed E-state index contributed by atoms with van der Waals surface area (Å²) in [6.07, 6.45) is 0.800. The van der Waals surface area contributed by atoms with Crippen LogP contribution in [0.2, 0.25) is 0 Å². The van der Waals surface area contributed by atoms with Crippen LogP contribution in [0.15, 0.2) is 54.6 Å². The smallest absolute Gasteiger partial charge is 0.272 e. The first-order valence-corrected chi connectivity index (χ1v) is 10.7. The lowest BCUT2D eigenvalue weighted by Crippen LogP contribution is -2.36. The van der Waals surface area contributed by atoms with E-state index >= 15 is 0 Å². The molecule has 6 heteroatoms. The predicted molar refractivity (Wildman–Crippen MR) is 121 cm³/mol. The van der Waals surface area contributed by atoms with Crippen LogP contribution in [0.5, 0.6) is 5.75 Å². The van der Waals surface area contributed by atoms with Crippen LogP contribution in [0, 0.1) is 0 Å². The van der Waals surface area contributed by atoms with E-state index in [1.807, 2.05) is 59.5 Å². The van der Waals surface area contributed by atoms with E-state index < -0.39 is 0 Å². The summed E-state index contributed by atoms with van der Waals surface area (Å²) in [6, 6.07) is 17.8. The van der Waals surface area contributed by atoms with Crippen molar-refractivity contribution in [2.24, 2.45) is 0 Å². The fourth-order valence-electron chi connectivity index (χ4n) is 4.26. The third kappa shape index (κ3) is 3.38. The van der Waals surface area contributed by atoms with Gasteiger partial charge in [0, 0.05) is 41.7 Å². The number of nitrogens with one attached hydrogen (secondary N) is 1. The van der Waals surface area contributed by atoms with E-state index in [4.69, 9.17) is 9.84 Å². The number of para-hydroxylation sites is 1. The number of H-pyrrole nitrogens is 1. The molecule has 0 aliphatic carbocycles. The highest BCUT2D eigenvalue weighted by molar-refractivity contribution is 5.94. The number of rotatable bonds is 4. The van der Waals surface area contributed by atoms with Gasteiger partial charge in [0.15, 0.2) is 0 Å². The van der Waals surface area contributed by atoms with Gasteiger partial charge in [-0.05, 0) is 42.3 Å². The van der Waals surface area contributed by atoms with Crippen LogP contribution in [0.25, 0.3) is 16.6 Å². The van der Waals surface area contributed by atoms with Crippen molar-refractivity contribution in [1.82, 2.24) is 19.7 Å². The van der Waals surface area contributed by atoms with Crippen LogP contribution in [-0.4, -0.2) is 39.2 Å². The molecule has 0 bridgehead atoms. The maximum atomic E-state index is 13.7. The molecule has 1 aliphatic heterocycles. The predicted octanol–water partition coefficient (Wildman–Crippen LogP) is 4.68. The molecular formula is C25H26N4O2. The summed E-state index contributed by atoms with van der Waals surface area (Å²) in [6.45, 7) is 5.43. The van der Waals surface area contributed by atoms with Crippen LogP contribution in [-0.2, 0) is 13.0 Å². The van der Waals surface area contributed by atoms with Gasteiger partial charge in [0.05, 0.1) is 18.5 Å². The largest absolute Gasteiger partial charge is 0.497 e. The molecule has 0 unspecified atom stereocenters. The zero-order chi connectivity index (χ0) is 21.5. The van der Waals surface area contributed by atoms with E-state index in [1.165, 1.54) is 11.3 Å². The Balaban J connectivity index is 1.52. The van der Waals surface area contributed by atoms with E-state index in [0.717, 1.165) is 34.5 Å². The molecule has 1 aliphatic rings. The number of carbonyl (C=O) groups is 1. The molecule has 1 amide bonds. The summed E-state index contributed by atoms with van der Waals surface area (Å²) in [5, 5.41) is 5.87. The van der Waals surface area contributed by atoms with Crippen LogP contribution in [0.1, 0.15) is 47.2 Å². The number of fused-ring (bicyclic) bond motifs is 3. The zero-order valence-corrected chi connectivity index (χ0v) is 18.1. The van der Waals surface area contributed by atoms with Crippen molar-refractivity contribution in [3.63, 3.8) is 0 Å². The first-order chi connectivity index (χ1) is 15.0. The second kappa shape index (κ2) is 7.61. The average molecular weight is 415 g/mol. The fourth-order valence-corrected chi connectivity index (χ4v) is 4.26. The van der Waals surface area contributed by atoms with E-state index in [0.29, 0.717) is 18.8 Å². The van der Waals surface area contributed by atoms with Crippen molar-refractivity contribution < 1.29 is 9.53 Å². The molecule has 5 rings (SSSR count). The Morgan fingerprint density at radius 3 is 2.68 bits per heavy atom. The highest BCUT2D eigenvalue weighted by Crippen LogP contribution is 2.31. The van der Waals surface area contributed by atoms with Gasteiger partial charge in [0.2, 0.25) is 0 Å². The van der Waals surface area contributed by atoms with Gasteiger partial charge in [-0.2, -0.15) is 5.10 Å². The maximum absolute atomic E-state index is 13.7. The lowest BCUT2D eigenvalue weighted by molar-refractivity contribution is 0.0726. The van der Waals surface area contributed by atoms with Gasteiger partial charge in [-0.15, -0.1) is 0 Å². The first kappa shape index (κ1) is 19.4. The van der Waals surface area contributed by atoms with Crippen molar-refractivity contribution in [2.45, 2.75) is 32.7 Å². The molecule has 0 radical (unpaired) electrons. The maximum Gasteiger partial charge on any atom is 0.272 e. The summed E-state index contributed by atoms with van der Waals surface area (Å²) in [5.41, 5.74) is 5.87. The Bertz CT molecular complexity index is 1250. The van der Waals surface area contributed by atoms with Crippen molar-refractivity contribution in [3.05, 3.63) is 77.2 Å². The molecule has 3 heterocycles. The molecule has 158 valence electrons. The lowest BCUT2D eigenvalue weighted by Gasteiger charge is -2.27. The molecule has 0 saturated heterocycles. The van der Waals surface area contributed by atoms with Crippen molar-refractivity contribution >= 4 is 16.8 Å². The highest BCUT2D eigenvalue weighted by Gasteiger charge is 2.28. The van der Waals surface area contributed by atoms with Gasteiger partial charge in [-0.3, -0.25) is 4.79 Å². The van der Waals surface area contributed by atoms with E-state index in [1.54, 1.807) is 11.8 Å². The summed E-state index contributed by atoms with van der Waals surface area (Å²) >= 11 is 0. The number of nitrogens with zero attached hydrogens (tertiary/aromatic N) is 3. The SMILES string of the molecule is COc1ccc2[nH]c3c(c2c1)CN(C(=O)c1cc(C(C)C)nn1-c1ccccc1)CC3.